The minimum atomic E-state index is -1.13. The van der Waals surface area contributed by atoms with E-state index in [2.05, 4.69) is 15.6 Å². The number of aromatic carboxylic acids is 1. The maximum Gasteiger partial charge on any atom is 0.358 e. The highest BCUT2D eigenvalue weighted by molar-refractivity contribution is 5.84. The molecule has 2 heterocycles. The lowest BCUT2D eigenvalue weighted by molar-refractivity contribution is 0.0690. The van der Waals surface area contributed by atoms with Crippen LogP contribution in [0.2, 0.25) is 0 Å². The third-order valence-electron chi connectivity index (χ3n) is 3.47. The summed E-state index contributed by atoms with van der Waals surface area (Å²) in [5.41, 5.74) is -0.127. The van der Waals surface area contributed by atoms with Crippen LogP contribution in [-0.2, 0) is 6.54 Å². The first-order valence-corrected chi connectivity index (χ1v) is 6.90. The van der Waals surface area contributed by atoms with E-state index in [4.69, 9.17) is 5.11 Å². The number of aliphatic hydroxyl groups excluding tert-OH is 1. The number of aromatic nitrogens is 3. The van der Waals surface area contributed by atoms with Crippen LogP contribution in [-0.4, -0.2) is 67.8 Å². The maximum atomic E-state index is 12.0. The van der Waals surface area contributed by atoms with Crippen LogP contribution in [0, 0.1) is 0 Å². The molecule has 2 amide bonds. The number of likely N-dealkylation sites (tertiary alicyclic amines) is 1. The minimum Gasteiger partial charge on any atom is -0.476 e. The van der Waals surface area contributed by atoms with Crippen molar-refractivity contribution in [2.24, 2.45) is 0 Å². The Balaban J connectivity index is 1.79. The van der Waals surface area contributed by atoms with E-state index in [1.165, 1.54) is 10.9 Å². The number of hydrogen-bond acceptors (Lipinski definition) is 5. The molecular weight excluding hydrogens is 278 g/mol. The Kier molecular flexibility index (Phi) is 5.09. The molecule has 2 rings (SSSR count). The Morgan fingerprint density at radius 2 is 2.24 bits per heavy atom. The van der Waals surface area contributed by atoms with E-state index in [0.29, 0.717) is 19.6 Å². The number of aliphatic hydroxyl groups is 1. The summed E-state index contributed by atoms with van der Waals surface area (Å²) < 4.78 is 1.36. The standard InChI is InChI=1S/C12H19N5O4/c18-8-9-3-1-2-5-17(9)12(21)13-4-6-16-7-10(11(19)20)14-15-16/h7,9,18H,1-6,8H2,(H,13,21)(H,19,20). The van der Waals surface area contributed by atoms with Gasteiger partial charge in [-0.05, 0) is 19.3 Å². The number of piperidine rings is 1. The molecule has 0 saturated carbocycles. The quantitative estimate of drug-likeness (QED) is 0.676. The van der Waals surface area contributed by atoms with Crippen LogP contribution >= 0.6 is 0 Å². The van der Waals surface area contributed by atoms with Gasteiger partial charge in [-0.25, -0.2) is 14.3 Å². The van der Waals surface area contributed by atoms with Crippen LogP contribution in [0.25, 0.3) is 0 Å². The van der Waals surface area contributed by atoms with Crippen LogP contribution in [0.5, 0.6) is 0 Å². The number of carboxylic acid groups (broad SMARTS) is 1. The lowest BCUT2D eigenvalue weighted by atomic mass is 10.0. The van der Waals surface area contributed by atoms with Crippen molar-refractivity contribution in [2.75, 3.05) is 19.7 Å². The normalized spacial score (nSPS) is 18.5. The Hall–Kier alpha value is -2.16. The molecule has 3 N–H and O–H groups in total. The van der Waals surface area contributed by atoms with Crippen molar-refractivity contribution in [3.63, 3.8) is 0 Å². The molecule has 0 bridgehead atoms. The zero-order chi connectivity index (χ0) is 15.2. The average Bonchev–Trinajstić information content (AvgIpc) is 2.96. The van der Waals surface area contributed by atoms with Crippen molar-refractivity contribution in [1.29, 1.82) is 0 Å². The number of rotatable bonds is 5. The van der Waals surface area contributed by atoms with Gasteiger partial charge in [0.05, 0.1) is 25.4 Å². The zero-order valence-corrected chi connectivity index (χ0v) is 11.6. The Bertz CT molecular complexity index is 504. The second kappa shape index (κ2) is 7.02. The number of nitrogens with zero attached hydrogens (tertiary/aromatic N) is 4. The van der Waals surface area contributed by atoms with Gasteiger partial charge in [-0.2, -0.15) is 0 Å². The van der Waals surface area contributed by atoms with Gasteiger partial charge in [0.1, 0.15) is 0 Å². The van der Waals surface area contributed by atoms with Gasteiger partial charge in [0, 0.05) is 13.1 Å². The summed E-state index contributed by atoms with van der Waals surface area (Å²) in [4.78, 5) is 24.3. The molecule has 1 aromatic heterocycles. The number of carboxylic acids is 1. The van der Waals surface area contributed by atoms with Crippen LogP contribution in [0.4, 0.5) is 4.79 Å². The Morgan fingerprint density at radius 3 is 2.90 bits per heavy atom. The van der Waals surface area contributed by atoms with E-state index < -0.39 is 5.97 Å². The molecule has 1 aliphatic rings. The summed E-state index contributed by atoms with van der Waals surface area (Å²) in [5.74, 6) is -1.13. The smallest absolute Gasteiger partial charge is 0.358 e. The first-order valence-electron chi connectivity index (χ1n) is 6.90. The molecule has 1 aliphatic heterocycles. The number of amides is 2. The topological polar surface area (TPSA) is 121 Å². The minimum absolute atomic E-state index is 0.0293. The van der Waals surface area contributed by atoms with E-state index in [1.807, 2.05) is 0 Å². The molecule has 116 valence electrons. The van der Waals surface area contributed by atoms with Crippen molar-refractivity contribution < 1.29 is 19.8 Å². The molecular formula is C12H19N5O4. The fraction of sp³-hybridized carbons (Fsp3) is 0.667. The van der Waals surface area contributed by atoms with Gasteiger partial charge in [0.2, 0.25) is 0 Å². The van der Waals surface area contributed by atoms with Gasteiger partial charge in [-0.3, -0.25) is 0 Å². The Labute approximate surface area is 121 Å². The van der Waals surface area contributed by atoms with Crippen molar-refractivity contribution in [2.45, 2.75) is 31.8 Å². The van der Waals surface area contributed by atoms with E-state index in [-0.39, 0.29) is 24.4 Å². The molecule has 21 heavy (non-hydrogen) atoms. The van der Waals surface area contributed by atoms with E-state index >= 15 is 0 Å². The highest BCUT2D eigenvalue weighted by Gasteiger charge is 2.25. The lowest BCUT2D eigenvalue weighted by Crippen LogP contribution is -2.50. The SMILES string of the molecule is O=C(O)c1cn(CCNC(=O)N2CCCCC2CO)nn1. The summed E-state index contributed by atoms with van der Waals surface area (Å²) in [6.45, 7) is 1.27. The molecule has 9 heteroatoms. The van der Waals surface area contributed by atoms with Gasteiger partial charge in [0.15, 0.2) is 5.69 Å². The third kappa shape index (κ3) is 3.91. The van der Waals surface area contributed by atoms with Crippen molar-refractivity contribution in [3.8, 4) is 0 Å². The Morgan fingerprint density at radius 1 is 1.43 bits per heavy atom. The average molecular weight is 297 g/mol. The van der Waals surface area contributed by atoms with Crippen molar-refractivity contribution in [1.82, 2.24) is 25.2 Å². The van der Waals surface area contributed by atoms with Crippen molar-refractivity contribution >= 4 is 12.0 Å². The second-order valence-electron chi connectivity index (χ2n) is 4.93. The fourth-order valence-electron chi connectivity index (χ4n) is 2.34. The molecule has 0 aliphatic carbocycles. The monoisotopic (exact) mass is 297 g/mol. The molecule has 9 nitrogen and oxygen atoms in total. The predicted molar refractivity (Wildman–Crippen MR) is 71.8 cm³/mol. The van der Waals surface area contributed by atoms with Gasteiger partial charge in [0.25, 0.3) is 0 Å². The maximum absolute atomic E-state index is 12.0. The van der Waals surface area contributed by atoms with E-state index in [0.717, 1.165) is 19.3 Å². The van der Waals surface area contributed by atoms with Crippen molar-refractivity contribution in [3.05, 3.63) is 11.9 Å². The lowest BCUT2D eigenvalue weighted by Gasteiger charge is -2.34. The van der Waals surface area contributed by atoms with Crippen LogP contribution < -0.4 is 5.32 Å². The summed E-state index contributed by atoms with van der Waals surface area (Å²) in [6.07, 6.45) is 4.09. The highest BCUT2D eigenvalue weighted by atomic mass is 16.4. The summed E-state index contributed by atoms with van der Waals surface area (Å²) in [7, 11) is 0. The molecule has 1 fully saturated rings. The number of nitrogens with one attached hydrogen (secondary N) is 1. The first-order chi connectivity index (χ1) is 10.1. The summed E-state index contributed by atoms with van der Waals surface area (Å²) >= 11 is 0. The molecule has 1 aromatic rings. The van der Waals surface area contributed by atoms with Crippen LogP contribution in [0.1, 0.15) is 29.8 Å². The van der Waals surface area contributed by atoms with E-state index in [9.17, 15) is 14.7 Å². The number of carbonyl (C=O) groups excluding carboxylic acids is 1. The molecule has 0 aromatic carbocycles. The third-order valence-corrected chi connectivity index (χ3v) is 3.47. The first kappa shape index (κ1) is 15.2. The van der Waals surface area contributed by atoms with Gasteiger partial charge >= 0.3 is 12.0 Å². The number of urea groups is 1. The predicted octanol–water partition coefficient (Wildman–Crippen LogP) is -0.467. The highest BCUT2D eigenvalue weighted by Crippen LogP contribution is 2.16. The van der Waals surface area contributed by atoms with Crippen LogP contribution in [0.15, 0.2) is 6.20 Å². The second-order valence-corrected chi connectivity index (χ2v) is 4.93. The molecule has 1 saturated heterocycles. The van der Waals surface area contributed by atoms with Gasteiger partial charge < -0.3 is 20.4 Å². The van der Waals surface area contributed by atoms with Gasteiger partial charge in [-0.1, -0.05) is 5.21 Å². The van der Waals surface area contributed by atoms with Crippen LogP contribution in [0.3, 0.4) is 0 Å². The number of carbonyl (C=O) groups is 2. The largest absolute Gasteiger partial charge is 0.476 e. The summed E-state index contributed by atoms with van der Waals surface area (Å²) in [5, 5.41) is 27.9. The number of hydrogen-bond donors (Lipinski definition) is 3. The van der Waals surface area contributed by atoms with Gasteiger partial charge in [-0.15, -0.1) is 5.10 Å². The molecule has 0 radical (unpaired) electrons. The molecule has 1 unspecified atom stereocenters. The molecule has 0 spiro atoms. The summed E-state index contributed by atoms with van der Waals surface area (Å²) in [6, 6.07) is -0.337. The zero-order valence-electron chi connectivity index (χ0n) is 11.6. The molecule has 1 atom stereocenters. The fourth-order valence-corrected chi connectivity index (χ4v) is 2.34. The van der Waals surface area contributed by atoms with E-state index in [1.54, 1.807) is 4.90 Å².